The second kappa shape index (κ2) is 9.46. The highest BCUT2D eigenvalue weighted by Gasteiger charge is 2.22. The van der Waals surface area contributed by atoms with E-state index in [1.165, 1.54) is 0 Å². The van der Waals surface area contributed by atoms with Crippen LogP contribution in [-0.2, 0) is 0 Å². The first-order valence-corrected chi connectivity index (χ1v) is 11.1. The van der Waals surface area contributed by atoms with E-state index in [1.54, 1.807) is 88.1 Å². The molecule has 0 radical (unpaired) electrons. The van der Waals surface area contributed by atoms with Crippen molar-refractivity contribution < 1.29 is 23.0 Å². The van der Waals surface area contributed by atoms with Crippen molar-refractivity contribution in [2.75, 3.05) is 21.3 Å². The van der Waals surface area contributed by atoms with E-state index in [0.29, 0.717) is 50.8 Å². The molecule has 0 aliphatic heterocycles. The summed E-state index contributed by atoms with van der Waals surface area (Å²) in [5, 5.41) is 0.264. The van der Waals surface area contributed by atoms with Crippen LogP contribution in [0.1, 0.15) is 0 Å². The minimum Gasteiger partial charge on any atom is -0.497 e. The topological polar surface area (TPSA) is 88.1 Å². The van der Waals surface area contributed by atoms with Gasteiger partial charge in [-0.1, -0.05) is 12.1 Å². The molecule has 0 bridgehead atoms. The van der Waals surface area contributed by atoms with Crippen LogP contribution in [0.15, 0.2) is 97.3 Å². The number of rotatable bonds is 6. The molecule has 0 saturated heterocycles. The Morgan fingerprint density at radius 2 is 1.00 bits per heavy atom. The number of fused-ring (bicyclic) bond motifs is 1. The van der Waals surface area contributed by atoms with Crippen molar-refractivity contribution in [2.45, 2.75) is 0 Å². The lowest BCUT2D eigenvalue weighted by molar-refractivity contribution is 0.414. The zero-order valence-electron chi connectivity index (χ0n) is 19.9. The van der Waals surface area contributed by atoms with Crippen LogP contribution in [-0.4, -0.2) is 21.3 Å². The molecule has 0 spiro atoms. The van der Waals surface area contributed by atoms with E-state index in [2.05, 4.69) is 0 Å². The molecule has 36 heavy (non-hydrogen) atoms. The average Bonchev–Trinajstić information content (AvgIpc) is 2.92. The molecule has 7 nitrogen and oxygen atoms in total. The number of hydrogen-bond acceptors (Lipinski definition) is 7. The minimum absolute atomic E-state index is 0.157. The lowest BCUT2D eigenvalue weighted by Crippen LogP contribution is -2.13. The summed E-state index contributed by atoms with van der Waals surface area (Å²) in [5.74, 6) is 2.64. The Morgan fingerprint density at radius 3 is 1.50 bits per heavy atom. The van der Waals surface area contributed by atoms with Gasteiger partial charge in [-0.15, -0.1) is 0 Å². The van der Waals surface area contributed by atoms with Crippen molar-refractivity contribution in [3.63, 3.8) is 0 Å². The predicted molar refractivity (Wildman–Crippen MR) is 137 cm³/mol. The molecule has 2 heterocycles. The summed E-state index contributed by atoms with van der Waals surface area (Å²) in [4.78, 5) is 26.1. The summed E-state index contributed by atoms with van der Waals surface area (Å²) in [6, 6.07) is 23.3. The van der Waals surface area contributed by atoms with E-state index in [0.717, 1.165) is 5.56 Å². The monoisotopic (exact) mass is 482 g/mol. The van der Waals surface area contributed by atoms with Crippen molar-refractivity contribution in [1.29, 1.82) is 0 Å². The minimum atomic E-state index is -0.775. The molecule has 0 unspecified atom stereocenters. The lowest BCUT2D eigenvalue weighted by Gasteiger charge is -2.13. The van der Waals surface area contributed by atoms with Crippen LogP contribution in [0.2, 0.25) is 0 Å². The van der Waals surface area contributed by atoms with Crippen LogP contribution >= 0.6 is 0 Å². The standard InChI is InChI=1S/C29H22O7/c1-32-20-10-4-17(5-11-20)24-16-23-25(18-6-12-21(33-2)13-7-18)27(19-8-14-22(34-3)15-9-19)36-29(31)26(23)28(30)35-24/h4-16H,1-3H3. The Bertz CT molecular complexity index is 1630. The molecule has 5 aromatic rings. The van der Waals surface area contributed by atoms with Crippen molar-refractivity contribution in [3.05, 3.63) is 99.7 Å². The summed E-state index contributed by atoms with van der Waals surface area (Å²) in [7, 11) is 4.74. The molecule has 0 fully saturated rings. The molecule has 0 saturated carbocycles. The maximum absolute atomic E-state index is 13.0. The Labute approximate surface area is 206 Å². The molecule has 7 heteroatoms. The molecular weight excluding hydrogens is 460 g/mol. The highest BCUT2D eigenvalue weighted by Crippen LogP contribution is 2.38. The van der Waals surface area contributed by atoms with Gasteiger partial charge in [0, 0.05) is 22.1 Å². The van der Waals surface area contributed by atoms with E-state index in [1.807, 2.05) is 12.1 Å². The number of methoxy groups -OCH3 is 3. The van der Waals surface area contributed by atoms with E-state index < -0.39 is 11.3 Å². The van der Waals surface area contributed by atoms with Crippen molar-refractivity contribution >= 4 is 10.8 Å². The molecule has 0 amide bonds. The van der Waals surface area contributed by atoms with Crippen LogP contribution < -0.4 is 25.5 Å². The van der Waals surface area contributed by atoms with Crippen molar-refractivity contribution in [3.8, 4) is 51.0 Å². The number of ether oxygens (including phenoxy) is 3. The molecule has 5 rings (SSSR count). The summed E-state index contributed by atoms with van der Waals surface area (Å²) >= 11 is 0. The lowest BCUT2D eigenvalue weighted by atomic mass is 9.95. The predicted octanol–water partition coefficient (Wildman–Crippen LogP) is 5.77. The molecule has 0 aliphatic carbocycles. The van der Waals surface area contributed by atoms with Crippen LogP contribution in [0.4, 0.5) is 0 Å². The third-order valence-corrected chi connectivity index (χ3v) is 5.95. The molecule has 2 aromatic heterocycles. The highest BCUT2D eigenvalue weighted by atomic mass is 16.5. The first-order chi connectivity index (χ1) is 17.5. The Hall–Kier alpha value is -4.78. The van der Waals surface area contributed by atoms with E-state index in [4.69, 9.17) is 23.0 Å². The summed E-state index contributed by atoms with van der Waals surface area (Å²) in [6.45, 7) is 0. The summed E-state index contributed by atoms with van der Waals surface area (Å²) < 4.78 is 27.1. The van der Waals surface area contributed by atoms with Crippen LogP contribution in [0.3, 0.4) is 0 Å². The third kappa shape index (κ3) is 4.11. The Balaban J connectivity index is 1.84. The van der Waals surface area contributed by atoms with Gasteiger partial charge in [-0.2, -0.15) is 0 Å². The fourth-order valence-corrected chi connectivity index (χ4v) is 4.09. The second-order valence-corrected chi connectivity index (χ2v) is 7.97. The van der Waals surface area contributed by atoms with Crippen molar-refractivity contribution in [1.82, 2.24) is 0 Å². The van der Waals surface area contributed by atoms with Crippen LogP contribution in [0, 0.1) is 0 Å². The van der Waals surface area contributed by atoms with Crippen molar-refractivity contribution in [2.24, 2.45) is 0 Å². The smallest absolute Gasteiger partial charge is 0.351 e. The first kappa shape index (κ1) is 23.0. The third-order valence-electron chi connectivity index (χ3n) is 5.95. The summed E-state index contributed by atoms with van der Waals surface area (Å²) in [6.07, 6.45) is 0. The van der Waals surface area contributed by atoms with Gasteiger partial charge < -0.3 is 23.0 Å². The van der Waals surface area contributed by atoms with Gasteiger partial charge >= 0.3 is 11.3 Å². The van der Waals surface area contributed by atoms with Gasteiger partial charge in [-0.3, -0.25) is 0 Å². The largest absolute Gasteiger partial charge is 0.497 e. The maximum Gasteiger partial charge on any atom is 0.351 e. The normalized spacial score (nSPS) is 10.9. The summed E-state index contributed by atoms with van der Waals surface area (Å²) in [5.41, 5.74) is 1.09. The SMILES string of the molecule is COc1ccc(-c2cc3c(-c4ccc(OC)cc4)c(-c4ccc(OC)cc4)oc(=O)c3c(=O)o2)cc1. The van der Waals surface area contributed by atoms with Gasteiger partial charge in [-0.05, 0) is 72.3 Å². The van der Waals surface area contributed by atoms with Gasteiger partial charge in [0.05, 0.1) is 21.3 Å². The number of benzene rings is 3. The van der Waals surface area contributed by atoms with E-state index >= 15 is 0 Å². The van der Waals surface area contributed by atoms with Crippen LogP contribution in [0.25, 0.3) is 44.5 Å². The fraction of sp³-hybridized carbons (Fsp3) is 0.103. The van der Waals surface area contributed by atoms with Gasteiger partial charge in [-0.25, -0.2) is 9.59 Å². The molecule has 0 N–H and O–H groups in total. The zero-order chi connectivity index (χ0) is 25.2. The van der Waals surface area contributed by atoms with Gasteiger partial charge in [0.25, 0.3) is 0 Å². The number of hydrogen-bond donors (Lipinski definition) is 0. The Morgan fingerprint density at radius 1 is 0.556 bits per heavy atom. The second-order valence-electron chi connectivity index (χ2n) is 7.97. The zero-order valence-corrected chi connectivity index (χ0v) is 19.9. The molecular formula is C29H22O7. The molecule has 3 aromatic carbocycles. The molecule has 0 atom stereocenters. The van der Waals surface area contributed by atoms with E-state index in [9.17, 15) is 9.59 Å². The maximum atomic E-state index is 13.0. The quantitative estimate of drug-likeness (QED) is 0.303. The average molecular weight is 482 g/mol. The van der Waals surface area contributed by atoms with Crippen LogP contribution in [0.5, 0.6) is 17.2 Å². The fourth-order valence-electron chi connectivity index (χ4n) is 4.09. The van der Waals surface area contributed by atoms with Gasteiger partial charge in [0.2, 0.25) is 0 Å². The van der Waals surface area contributed by atoms with Gasteiger partial charge in [0.1, 0.15) is 28.8 Å². The molecule has 0 aliphatic rings. The van der Waals surface area contributed by atoms with Gasteiger partial charge in [0.15, 0.2) is 5.39 Å². The van der Waals surface area contributed by atoms with E-state index in [-0.39, 0.29) is 5.39 Å². The highest BCUT2D eigenvalue weighted by molar-refractivity contribution is 6.02. The Kier molecular flexibility index (Phi) is 6.04. The molecule has 180 valence electrons. The first-order valence-electron chi connectivity index (χ1n) is 11.1.